The molecule has 0 spiro atoms. The van der Waals surface area contributed by atoms with E-state index in [4.69, 9.17) is 11.6 Å². The number of aromatic nitrogens is 3. The SMILES string of the molecule is CCCNc1ncc(Cl)c(NCc2cnccc2C)n1. The summed E-state index contributed by atoms with van der Waals surface area (Å²) in [6.07, 6.45) is 6.24. The van der Waals surface area contributed by atoms with Gasteiger partial charge in [-0.1, -0.05) is 18.5 Å². The lowest BCUT2D eigenvalue weighted by molar-refractivity contribution is 0.949. The second-order valence-corrected chi connectivity index (χ2v) is 4.88. The van der Waals surface area contributed by atoms with E-state index in [2.05, 4.69) is 39.4 Å². The number of hydrogen-bond acceptors (Lipinski definition) is 5. The molecule has 5 nitrogen and oxygen atoms in total. The maximum Gasteiger partial charge on any atom is 0.224 e. The molecule has 0 bridgehead atoms. The van der Waals surface area contributed by atoms with E-state index < -0.39 is 0 Å². The summed E-state index contributed by atoms with van der Waals surface area (Å²) in [5.74, 6) is 1.21. The van der Waals surface area contributed by atoms with Gasteiger partial charge in [0.25, 0.3) is 0 Å². The summed E-state index contributed by atoms with van der Waals surface area (Å²) in [5.41, 5.74) is 2.30. The molecule has 2 N–H and O–H groups in total. The van der Waals surface area contributed by atoms with Crippen molar-refractivity contribution in [1.29, 1.82) is 0 Å². The van der Waals surface area contributed by atoms with Crippen molar-refractivity contribution in [3.8, 4) is 0 Å². The summed E-state index contributed by atoms with van der Waals surface area (Å²) in [6, 6.07) is 1.98. The molecule has 0 aliphatic heterocycles. The summed E-state index contributed by atoms with van der Waals surface area (Å²) in [4.78, 5) is 12.6. The lowest BCUT2D eigenvalue weighted by atomic mass is 10.1. The average Bonchev–Trinajstić information content (AvgIpc) is 2.46. The van der Waals surface area contributed by atoms with Crippen LogP contribution in [0, 0.1) is 6.92 Å². The van der Waals surface area contributed by atoms with Gasteiger partial charge in [-0.25, -0.2) is 4.98 Å². The Bertz CT molecular complexity index is 573. The minimum absolute atomic E-state index is 0.508. The van der Waals surface area contributed by atoms with Gasteiger partial charge in [0, 0.05) is 25.5 Å². The largest absolute Gasteiger partial charge is 0.365 e. The van der Waals surface area contributed by atoms with Crippen LogP contribution in [0.4, 0.5) is 11.8 Å². The van der Waals surface area contributed by atoms with Gasteiger partial charge in [-0.3, -0.25) is 4.98 Å². The van der Waals surface area contributed by atoms with Crippen molar-refractivity contribution < 1.29 is 0 Å². The van der Waals surface area contributed by atoms with E-state index in [9.17, 15) is 0 Å². The number of nitrogens with one attached hydrogen (secondary N) is 2. The van der Waals surface area contributed by atoms with Crippen LogP contribution in [-0.2, 0) is 6.54 Å². The Kier molecular flexibility index (Phi) is 5.12. The minimum atomic E-state index is 0.508. The van der Waals surface area contributed by atoms with E-state index in [-0.39, 0.29) is 0 Å². The molecule has 0 radical (unpaired) electrons. The number of anilines is 2. The zero-order valence-electron chi connectivity index (χ0n) is 11.7. The van der Waals surface area contributed by atoms with Crippen molar-refractivity contribution in [2.45, 2.75) is 26.8 Å². The fraction of sp³-hybridized carbons (Fsp3) is 0.357. The number of hydrogen-bond donors (Lipinski definition) is 2. The van der Waals surface area contributed by atoms with Gasteiger partial charge in [0.2, 0.25) is 5.95 Å². The Hall–Kier alpha value is -1.88. The topological polar surface area (TPSA) is 62.7 Å². The molecule has 0 saturated heterocycles. The van der Waals surface area contributed by atoms with Gasteiger partial charge in [-0.05, 0) is 30.5 Å². The predicted molar refractivity (Wildman–Crippen MR) is 82.1 cm³/mol. The molecule has 0 fully saturated rings. The lowest BCUT2D eigenvalue weighted by Gasteiger charge is -2.10. The molecule has 106 valence electrons. The Morgan fingerprint density at radius 3 is 2.85 bits per heavy atom. The number of halogens is 1. The average molecular weight is 292 g/mol. The van der Waals surface area contributed by atoms with E-state index >= 15 is 0 Å². The van der Waals surface area contributed by atoms with Crippen LogP contribution < -0.4 is 10.6 Å². The Morgan fingerprint density at radius 2 is 2.10 bits per heavy atom. The first-order valence-electron chi connectivity index (χ1n) is 6.60. The highest BCUT2D eigenvalue weighted by Gasteiger charge is 2.06. The maximum atomic E-state index is 6.11. The Balaban J connectivity index is 2.07. The number of pyridine rings is 1. The van der Waals surface area contributed by atoms with Gasteiger partial charge in [0.1, 0.15) is 5.02 Å². The van der Waals surface area contributed by atoms with E-state index in [1.165, 1.54) is 5.56 Å². The van der Waals surface area contributed by atoms with Crippen molar-refractivity contribution in [1.82, 2.24) is 15.0 Å². The first kappa shape index (κ1) is 14.5. The van der Waals surface area contributed by atoms with Crippen LogP contribution in [0.5, 0.6) is 0 Å². The molecular formula is C14H18ClN5. The molecule has 6 heteroatoms. The third-order valence-electron chi connectivity index (χ3n) is 2.87. The summed E-state index contributed by atoms with van der Waals surface area (Å²) < 4.78 is 0. The number of aryl methyl sites for hydroxylation is 1. The van der Waals surface area contributed by atoms with E-state index in [0.29, 0.717) is 23.3 Å². The first-order chi connectivity index (χ1) is 9.70. The molecule has 0 amide bonds. The molecular weight excluding hydrogens is 274 g/mol. The molecule has 0 atom stereocenters. The molecule has 2 rings (SSSR count). The fourth-order valence-electron chi connectivity index (χ4n) is 1.67. The molecule has 0 aliphatic carbocycles. The highest BCUT2D eigenvalue weighted by Crippen LogP contribution is 2.20. The second kappa shape index (κ2) is 7.05. The maximum absolute atomic E-state index is 6.11. The van der Waals surface area contributed by atoms with E-state index in [1.807, 2.05) is 12.3 Å². The van der Waals surface area contributed by atoms with Crippen LogP contribution in [0.15, 0.2) is 24.7 Å². The van der Waals surface area contributed by atoms with Crippen molar-refractivity contribution in [3.63, 3.8) is 0 Å². The fourth-order valence-corrected chi connectivity index (χ4v) is 1.83. The monoisotopic (exact) mass is 291 g/mol. The van der Waals surface area contributed by atoms with E-state index in [0.717, 1.165) is 18.5 Å². The summed E-state index contributed by atoms with van der Waals surface area (Å²) in [5, 5.41) is 6.87. The van der Waals surface area contributed by atoms with Crippen molar-refractivity contribution in [2.24, 2.45) is 0 Å². The zero-order chi connectivity index (χ0) is 14.4. The first-order valence-corrected chi connectivity index (χ1v) is 6.98. The van der Waals surface area contributed by atoms with Gasteiger partial charge in [0.15, 0.2) is 5.82 Å². The van der Waals surface area contributed by atoms with Crippen LogP contribution in [-0.4, -0.2) is 21.5 Å². The van der Waals surface area contributed by atoms with Gasteiger partial charge in [-0.15, -0.1) is 0 Å². The number of nitrogens with zero attached hydrogens (tertiary/aromatic N) is 3. The molecule has 0 aliphatic rings. The van der Waals surface area contributed by atoms with Crippen LogP contribution >= 0.6 is 11.6 Å². The van der Waals surface area contributed by atoms with Crippen LogP contribution in [0.1, 0.15) is 24.5 Å². The molecule has 20 heavy (non-hydrogen) atoms. The van der Waals surface area contributed by atoms with E-state index in [1.54, 1.807) is 12.4 Å². The third kappa shape index (κ3) is 3.81. The number of rotatable bonds is 6. The second-order valence-electron chi connectivity index (χ2n) is 4.47. The standard InChI is InChI=1S/C14H18ClN5/c1-3-5-17-14-19-9-12(15)13(20-14)18-8-11-7-16-6-4-10(11)2/h4,6-7,9H,3,5,8H2,1-2H3,(H2,17,18,19,20). The third-order valence-corrected chi connectivity index (χ3v) is 3.15. The molecule has 2 aromatic rings. The molecule has 2 heterocycles. The summed E-state index contributed by atoms with van der Waals surface area (Å²) in [6.45, 7) is 5.61. The molecule has 0 aromatic carbocycles. The molecule has 0 saturated carbocycles. The highest BCUT2D eigenvalue weighted by molar-refractivity contribution is 6.32. The Labute approximate surface area is 123 Å². The van der Waals surface area contributed by atoms with Crippen LogP contribution in [0.2, 0.25) is 5.02 Å². The Morgan fingerprint density at radius 1 is 1.25 bits per heavy atom. The van der Waals surface area contributed by atoms with Crippen molar-refractivity contribution >= 4 is 23.4 Å². The zero-order valence-corrected chi connectivity index (χ0v) is 12.4. The van der Waals surface area contributed by atoms with Crippen LogP contribution in [0.3, 0.4) is 0 Å². The summed E-state index contributed by atoms with van der Waals surface area (Å²) in [7, 11) is 0. The van der Waals surface area contributed by atoms with Gasteiger partial charge in [-0.2, -0.15) is 4.98 Å². The minimum Gasteiger partial charge on any atom is -0.365 e. The predicted octanol–water partition coefficient (Wildman–Crippen LogP) is 3.27. The highest BCUT2D eigenvalue weighted by atomic mass is 35.5. The van der Waals surface area contributed by atoms with Crippen molar-refractivity contribution in [2.75, 3.05) is 17.2 Å². The quantitative estimate of drug-likeness (QED) is 0.855. The smallest absolute Gasteiger partial charge is 0.224 e. The van der Waals surface area contributed by atoms with Crippen molar-refractivity contribution in [3.05, 3.63) is 40.8 Å². The van der Waals surface area contributed by atoms with Gasteiger partial charge < -0.3 is 10.6 Å². The molecule has 2 aromatic heterocycles. The van der Waals surface area contributed by atoms with Crippen LogP contribution in [0.25, 0.3) is 0 Å². The van der Waals surface area contributed by atoms with Gasteiger partial charge >= 0.3 is 0 Å². The normalized spacial score (nSPS) is 10.3. The summed E-state index contributed by atoms with van der Waals surface area (Å²) >= 11 is 6.11. The van der Waals surface area contributed by atoms with Gasteiger partial charge in [0.05, 0.1) is 6.20 Å². The molecule has 0 unspecified atom stereocenters. The lowest BCUT2D eigenvalue weighted by Crippen LogP contribution is -2.08.